The number of hydrogen-bond acceptors (Lipinski definition) is 4. The molecule has 5 aromatic rings. The molecule has 39 heavy (non-hydrogen) atoms. The number of para-hydroxylation sites is 1. The fourth-order valence-electron chi connectivity index (χ4n) is 5.41. The minimum Gasteiger partial charge on any atom is -0.478 e. The fraction of sp³-hybridized carbons (Fsp3) is 0.212. The molecule has 0 atom stereocenters. The Hall–Kier alpha value is -4.58. The number of fused-ring (bicyclic) bond motifs is 1. The standard InChI is InChI=1S/C33H31N3O3/c37-33(38)25-18-19-31-30(20-25)35-32(36(31)27-9-3-1-4-10-27)24-16-14-23(15-17-24)22-34-26-8-7-13-29(21-26)39-28-11-5-2-6-12-28/h2,5-8,11-21,27,34H,1,3-4,9-10,22H2,(H,37,38). The first-order valence-electron chi connectivity index (χ1n) is 13.6. The van der Waals surface area contributed by atoms with Crippen molar-refractivity contribution in [2.45, 2.75) is 44.7 Å². The number of aromatic carboxylic acids is 1. The van der Waals surface area contributed by atoms with Gasteiger partial charge in [0.25, 0.3) is 0 Å². The molecule has 1 aromatic heterocycles. The number of ether oxygens (including phenoxy) is 1. The average Bonchev–Trinajstić information content (AvgIpc) is 3.36. The molecule has 1 heterocycles. The first-order valence-corrected chi connectivity index (χ1v) is 13.6. The highest BCUT2D eigenvalue weighted by atomic mass is 16.5. The minimum absolute atomic E-state index is 0.266. The molecule has 1 saturated carbocycles. The summed E-state index contributed by atoms with van der Waals surface area (Å²) in [6, 6.07) is 31.9. The predicted octanol–water partition coefficient (Wildman–Crippen LogP) is 8.31. The number of carboxylic acids is 1. The maximum Gasteiger partial charge on any atom is 0.335 e. The van der Waals surface area contributed by atoms with Crippen molar-refractivity contribution in [2.75, 3.05) is 5.32 Å². The van der Waals surface area contributed by atoms with Crippen LogP contribution in [-0.4, -0.2) is 20.6 Å². The van der Waals surface area contributed by atoms with Crippen LogP contribution in [0, 0.1) is 0 Å². The molecule has 1 aliphatic carbocycles. The van der Waals surface area contributed by atoms with Crippen LogP contribution in [0.2, 0.25) is 0 Å². The number of aromatic nitrogens is 2. The van der Waals surface area contributed by atoms with Crippen LogP contribution in [0.1, 0.15) is 54.1 Å². The van der Waals surface area contributed by atoms with E-state index >= 15 is 0 Å². The Bertz CT molecular complexity index is 1590. The normalized spacial score (nSPS) is 13.8. The van der Waals surface area contributed by atoms with E-state index in [4.69, 9.17) is 9.72 Å². The SMILES string of the molecule is O=C(O)c1ccc2c(c1)nc(-c1ccc(CNc3cccc(Oc4ccccc4)c3)cc1)n2C1CCCCC1. The zero-order chi connectivity index (χ0) is 26.6. The molecule has 1 fully saturated rings. The lowest BCUT2D eigenvalue weighted by Crippen LogP contribution is -2.14. The third-order valence-electron chi connectivity index (χ3n) is 7.40. The highest BCUT2D eigenvalue weighted by Gasteiger charge is 2.23. The van der Waals surface area contributed by atoms with E-state index in [0.29, 0.717) is 12.6 Å². The molecule has 6 rings (SSSR count). The lowest BCUT2D eigenvalue weighted by molar-refractivity contribution is 0.0697. The summed E-state index contributed by atoms with van der Waals surface area (Å²) in [6.45, 7) is 0.677. The predicted molar refractivity (Wildman–Crippen MR) is 155 cm³/mol. The van der Waals surface area contributed by atoms with Crippen molar-refractivity contribution in [3.63, 3.8) is 0 Å². The Balaban J connectivity index is 1.22. The van der Waals surface area contributed by atoms with Crippen LogP contribution in [0.4, 0.5) is 5.69 Å². The Morgan fingerprint density at radius 3 is 2.41 bits per heavy atom. The van der Waals surface area contributed by atoms with Crippen molar-refractivity contribution in [3.8, 4) is 22.9 Å². The van der Waals surface area contributed by atoms with Gasteiger partial charge < -0.3 is 19.7 Å². The van der Waals surface area contributed by atoms with Gasteiger partial charge in [0.15, 0.2) is 0 Å². The van der Waals surface area contributed by atoms with Crippen molar-refractivity contribution in [1.29, 1.82) is 0 Å². The topological polar surface area (TPSA) is 76.4 Å². The highest BCUT2D eigenvalue weighted by molar-refractivity contribution is 5.93. The number of anilines is 1. The lowest BCUT2D eigenvalue weighted by atomic mass is 9.94. The van der Waals surface area contributed by atoms with Crippen molar-refractivity contribution in [3.05, 3.63) is 108 Å². The van der Waals surface area contributed by atoms with Crippen LogP contribution in [0.5, 0.6) is 11.5 Å². The Labute approximate surface area is 227 Å². The number of imidazole rings is 1. The summed E-state index contributed by atoms with van der Waals surface area (Å²) < 4.78 is 8.30. The van der Waals surface area contributed by atoms with E-state index in [2.05, 4.69) is 34.1 Å². The van der Waals surface area contributed by atoms with Gasteiger partial charge in [-0.25, -0.2) is 9.78 Å². The minimum atomic E-state index is -0.931. The smallest absolute Gasteiger partial charge is 0.335 e. The van der Waals surface area contributed by atoms with Crippen LogP contribution in [0.25, 0.3) is 22.4 Å². The number of benzene rings is 4. The van der Waals surface area contributed by atoms with E-state index in [9.17, 15) is 9.90 Å². The maximum absolute atomic E-state index is 11.6. The first kappa shape index (κ1) is 24.7. The van der Waals surface area contributed by atoms with Gasteiger partial charge in [-0.2, -0.15) is 0 Å². The average molecular weight is 518 g/mol. The van der Waals surface area contributed by atoms with Gasteiger partial charge in [0.2, 0.25) is 0 Å². The molecular weight excluding hydrogens is 486 g/mol. The molecule has 6 nitrogen and oxygen atoms in total. The second-order valence-electron chi connectivity index (χ2n) is 10.1. The summed E-state index contributed by atoms with van der Waals surface area (Å²) in [5, 5.41) is 13.0. The summed E-state index contributed by atoms with van der Waals surface area (Å²) in [5.41, 5.74) is 5.18. The molecule has 0 spiro atoms. The molecule has 0 radical (unpaired) electrons. The zero-order valence-electron chi connectivity index (χ0n) is 21.7. The van der Waals surface area contributed by atoms with E-state index in [1.807, 2.05) is 60.7 Å². The first-order chi connectivity index (χ1) is 19.1. The fourth-order valence-corrected chi connectivity index (χ4v) is 5.41. The number of nitrogens with zero attached hydrogens (tertiary/aromatic N) is 2. The largest absolute Gasteiger partial charge is 0.478 e. The third kappa shape index (κ3) is 5.50. The summed E-state index contributed by atoms with van der Waals surface area (Å²) in [6.07, 6.45) is 5.92. The summed E-state index contributed by atoms with van der Waals surface area (Å²) in [4.78, 5) is 16.5. The number of carbonyl (C=O) groups is 1. The molecule has 2 N–H and O–H groups in total. The summed E-state index contributed by atoms with van der Waals surface area (Å²) in [7, 11) is 0. The molecule has 0 bridgehead atoms. The van der Waals surface area contributed by atoms with Gasteiger partial charge in [0.1, 0.15) is 17.3 Å². The molecule has 0 unspecified atom stereocenters. The zero-order valence-corrected chi connectivity index (χ0v) is 21.7. The van der Waals surface area contributed by atoms with Gasteiger partial charge in [-0.15, -0.1) is 0 Å². The van der Waals surface area contributed by atoms with E-state index in [1.54, 1.807) is 12.1 Å². The van der Waals surface area contributed by atoms with Gasteiger partial charge >= 0.3 is 5.97 Å². The van der Waals surface area contributed by atoms with E-state index in [1.165, 1.54) is 19.3 Å². The molecule has 0 aliphatic heterocycles. The van der Waals surface area contributed by atoms with Crippen LogP contribution >= 0.6 is 0 Å². The Kier molecular flexibility index (Phi) is 7.00. The molecule has 196 valence electrons. The van der Waals surface area contributed by atoms with Crippen molar-refractivity contribution in [1.82, 2.24) is 9.55 Å². The number of rotatable bonds is 8. The number of hydrogen-bond donors (Lipinski definition) is 2. The molecule has 4 aromatic carbocycles. The number of carboxylic acid groups (broad SMARTS) is 1. The van der Waals surface area contributed by atoms with Gasteiger partial charge in [-0.3, -0.25) is 0 Å². The number of nitrogens with one attached hydrogen (secondary N) is 1. The third-order valence-corrected chi connectivity index (χ3v) is 7.40. The van der Waals surface area contributed by atoms with Gasteiger partial charge in [-0.05, 0) is 60.9 Å². The van der Waals surface area contributed by atoms with Crippen molar-refractivity contribution < 1.29 is 14.6 Å². The van der Waals surface area contributed by atoms with Gasteiger partial charge in [0.05, 0.1) is 16.6 Å². The Morgan fingerprint density at radius 1 is 0.872 bits per heavy atom. The van der Waals surface area contributed by atoms with E-state index in [-0.39, 0.29) is 5.56 Å². The van der Waals surface area contributed by atoms with Gasteiger partial charge in [-0.1, -0.05) is 67.8 Å². The Morgan fingerprint density at radius 2 is 1.64 bits per heavy atom. The van der Waals surface area contributed by atoms with Crippen LogP contribution in [0.15, 0.2) is 97.1 Å². The molecule has 0 saturated heterocycles. The monoisotopic (exact) mass is 517 g/mol. The molecule has 1 aliphatic rings. The molecule has 6 heteroatoms. The van der Waals surface area contributed by atoms with E-state index < -0.39 is 5.97 Å². The highest BCUT2D eigenvalue weighted by Crippen LogP contribution is 2.36. The van der Waals surface area contributed by atoms with Crippen LogP contribution < -0.4 is 10.1 Å². The molecule has 0 amide bonds. The van der Waals surface area contributed by atoms with Crippen LogP contribution in [0.3, 0.4) is 0 Å². The van der Waals surface area contributed by atoms with Crippen LogP contribution in [-0.2, 0) is 6.54 Å². The molecular formula is C33H31N3O3. The van der Waals surface area contributed by atoms with E-state index in [0.717, 1.165) is 58.0 Å². The second kappa shape index (κ2) is 11.0. The quantitative estimate of drug-likeness (QED) is 0.216. The van der Waals surface area contributed by atoms with Crippen molar-refractivity contribution in [2.24, 2.45) is 0 Å². The lowest BCUT2D eigenvalue weighted by Gasteiger charge is -2.25. The summed E-state index contributed by atoms with van der Waals surface area (Å²) in [5.74, 6) is 1.57. The van der Waals surface area contributed by atoms with Crippen molar-refractivity contribution >= 4 is 22.7 Å². The second-order valence-corrected chi connectivity index (χ2v) is 10.1. The van der Waals surface area contributed by atoms with Gasteiger partial charge in [0, 0.05) is 29.9 Å². The summed E-state index contributed by atoms with van der Waals surface area (Å²) >= 11 is 0. The maximum atomic E-state index is 11.6.